The molecule has 5 heteroatoms. The summed E-state index contributed by atoms with van der Waals surface area (Å²) < 4.78 is 0. The number of hydrogen-bond acceptors (Lipinski definition) is 3. The van der Waals surface area contributed by atoms with Crippen LogP contribution in [0.25, 0.3) is 22.3 Å². The predicted octanol–water partition coefficient (Wildman–Crippen LogP) is 1.31. The normalized spacial score (nSPS) is 10.8. The number of benzene rings is 1. The Morgan fingerprint density at radius 1 is 1.12 bits per heavy atom. The molecule has 78 valence electrons. The maximum atomic E-state index is 11.4. The van der Waals surface area contributed by atoms with E-state index in [9.17, 15) is 4.79 Å². The van der Waals surface area contributed by atoms with Crippen molar-refractivity contribution < 1.29 is 0 Å². The van der Waals surface area contributed by atoms with Crippen molar-refractivity contribution in [2.75, 3.05) is 0 Å². The van der Waals surface area contributed by atoms with E-state index in [4.69, 9.17) is 0 Å². The minimum Gasteiger partial charge on any atom is -0.305 e. The molecule has 3 aromatic rings. The van der Waals surface area contributed by atoms with E-state index in [1.807, 2.05) is 24.3 Å². The zero-order chi connectivity index (χ0) is 11.0. The fourth-order valence-electron chi connectivity index (χ4n) is 1.69. The Bertz CT molecular complexity index is 685. The Morgan fingerprint density at radius 3 is 2.81 bits per heavy atom. The topological polar surface area (TPSA) is 74.4 Å². The van der Waals surface area contributed by atoms with E-state index in [0.717, 1.165) is 10.9 Å². The lowest BCUT2D eigenvalue weighted by molar-refractivity contribution is 1.07. The molecule has 0 aliphatic rings. The molecule has 2 aromatic heterocycles. The first kappa shape index (κ1) is 8.84. The second kappa shape index (κ2) is 3.30. The van der Waals surface area contributed by atoms with E-state index in [-0.39, 0.29) is 5.69 Å². The van der Waals surface area contributed by atoms with Crippen LogP contribution >= 0.6 is 0 Å². The Labute approximate surface area is 90.2 Å². The van der Waals surface area contributed by atoms with Crippen molar-refractivity contribution in [3.8, 4) is 11.4 Å². The molecule has 5 nitrogen and oxygen atoms in total. The van der Waals surface area contributed by atoms with Crippen LogP contribution in [0.4, 0.5) is 0 Å². The number of fused-ring (bicyclic) bond motifs is 1. The first-order valence-corrected chi connectivity index (χ1v) is 4.84. The molecular weight excluding hydrogens is 204 g/mol. The molecule has 0 aliphatic carbocycles. The van der Waals surface area contributed by atoms with Gasteiger partial charge < -0.3 is 4.98 Å². The van der Waals surface area contributed by atoms with E-state index in [0.29, 0.717) is 11.4 Å². The number of aromatic amines is 2. The lowest BCUT2D eigenvalue weighted by Crippen LogP contribution is -2.11. The second-order valence-electron chi connectivity index (χ2n) is 3.40. The average molecular weight is 212 g/mol. The van der Waals surface area contributed by atoms with E-state index >= 15 is 0 Å². The SMILES string of the molecule is O=c1nc(-c2cc[nH]n2)c2ccccc2[nH]1. The Morgan fingerprint density at radius 2 is 2.00 bits per heavy atom. The minimum atomic E-state index is -0.364. The van der Waals surface area contributed by atoms with Gasteiger partial charge in [0.15, 0.2) is 0 Å². The number of para-hydroxylation sites is 1. The van der Waals surface area contributed by atoms with Crippen LogP contribution in [0.15, 0.2) is 41.3 Å². The van der Waals surface area contributed by atoms with Crippen LogP contribution in [-0.2, 0) is 0 Å². The van der Waals surface area contributed by atoms with Gasteiger partial charge in [-0.3, -0.25) is 5.10 Å². The van der Waals surface area contributed by atoms with Crippen LogP contribution in [0, 0.1) is 0 Å². The molecule has 0 saturated heterocycles. The van der Waals surface area contributed by atoms with Gasteiger partial charge in [-0.2, -0.15) is 10.1 Å². The van der Waals surface area contributed by atoms with Gasteiger partial charge in [-0.15, -0.1) is 0 Å². The van der Waals surface area contributed by atoms with E-state index in [1.54, 1.807) is 12.3 Å². The highest BCUT2D eigenvalue weighted by atomic mass is 16.1. The van der Waals surface area contributed by atoms with Crippen LogP contribution in [0.5, 0.6) is 0 Å². The third kappa shape index (κ3) is 1.30. The van der Waals surface area contributed by atoms with E-state index < -0.39 is 0 Å². The summed E-state index contributed by atoms with van der Waals surface area (Å²) in [5, 5.41) is 7.63. The van der Waals surface area contributed by atoms with Gasteiger partial charge in [0, 0.05) is 11.6 Å². The number of rotatable bonds is 1. The monoisotopic (exact) mass is 212 g/mol. The molecule has 1 aromatic carbocycles. The van der Waals surface area contributed by atoms with Gasteiger partial charge in [-0.05, 0) is 12.1 Å². The molecule has 3 rings (SSSR count). The summed E-state index contributed by atoms with van der Waals surface area (Å²) >= 11 is 0. The number of H-pyrrole nitrogens is 2. The molecule has 0 fully saturated rings. The quantitative estimate of drug-likeness (QED) is 0.638. The first-order valence-electron chi connectivity index (χ1n) is 4.84. The molecule has 0 aliphatic heterocycles. The summed E-state index contributed by atoms with van der Waals surface area (Å²) in [5.41, 5.74) is 1.67. The van der Waals surface area contributed by atoms with Gasteiger partial charge in [0.2, 0.25) is 0 Å². The molecule has 0 radical (unpaired) electrons. The van der Waals surface area contributed by atoms with Crippen LogP contribution in [-0.4, -0.2) is 20.2 Å². The third-order valence-electron chi connectivity index (χ3n) is 2.38. The predicted molar refractivity (Wildman–Crippen MR) is 59.9 cm³/mol. The number of aromatic nitrogens is 4. The van der Waals surface area contributed by atoms with Crippen molar-refractivity contribution in [3.63, 3.8) is 0 Å². The largest absolute Gasteiger partial charge is 0.346 e. The number of nitrogens with one attached hydrogen (secondary N) is 2. The maximum absolute atomic E-state index is 11.4. The van der Waals surface area contributed by atoms with Gasteiger partial charge in [0.05, 0.1) is 5.52 Å². The van der Waals surface area contributed by atoms with E-state index in [2.05, 4.69) is 20.2 Å². The van der Waals surface area contributed by atoms with Crippen molar-refractivity contribution in [3.05, 3.63) is 47.0 Å². The lowest BCUT2D eigenvalue weighted by Gasteiger charge is -2.01. The Balaban J connectivity index is 2.44. The number of hydrogen-bond donors (Lipinski definition) is 2. The van der Waals surface area contributed by atoms with Gasteiger partial charge in [-0.1, -0.05) is 18.2 Å². The van der Waals surface area contributed by atoms with Crippen molar-refractivity contribution in [2.24, 2.45) is 0 Å². The van der Waals surface area contributed by atoms with Gasteiger partial charge in [0.1, 0.15) is 11.4 Å². The summed E-state index contributed by atoms with van der Waals surface area (Å²) in [6.45, 7) is 0. The summed E-state index contributed by atoms with van der Waals surface area (Å²) in [5.74, 6) is 0. The zero-order valence-electron chi connectivity index (χ0n) is 8.27. The van der Waals surface area contributed by atoms with Crippen LogP contribution in [0.2, 0.25) is 0 Å². The van der Waals surface area contributed by atoms with Crippen molar-refractivity contribution in [2.45, 2.75) is 0 Å². The molecule has 0 spiro atoms. The molecule has 0 bridgehead atoms. The van der Waals surface area contributed by atoms with Gasteiger partial charge in [-0.25, -0.2) is 4.79 Å². The molecule has 0 saturated carbocycles. The molecule has 16 heavy (non-hydrogen) atoms. The smallest absolute Gasteiger partial charge is 0.305 e. The van der Waals surface area contributed by atoms with Crippen molar-refractivity contribution >= 4 is 10.9 Å². The molecule has 2 N–H and O–H groups in total. The summed E-state index contributed by atoms with van der Waals surface area (Å²) in [6.07, 6.45) is 1.70. The Kier molecular flexibility index (Phi) is 1.83. The minimum absolute atomic E-state index is 0.364. The average Bonchev–Trinajstić information content (AvgIpc) is 2.81. The van der Waals surface area contributed by atoms with Gasteiger partial charge >= 0.3 is 5.69 Å². The number of nitrogens with zero attached hydrogens (tertiary/aromatic N) is 2. The summed E-state index contributed by atoms with van der Waals surface area (Å²) in [6, 6.07) is 9.30. The highest BCUT2D eigenvalue weighted by Crippen LogP contribution is 2.21. The molecule has 0 atom stereocenters. The van der Waals surface area contributed by atoms with Crippen molar-refractivity contribution in [1.82, 2.24) is 20.2 Å². The second-order valence-corrected chi connectivity index (χ2v) is 3.40. The lowest BCUT2D eigenvalue weighted by atomic mass is 10.1. The van der Waals surface area contributed by atoms with Crippen LogP contribution in [0.3, 0.4) is 0 Å². The van der Waals surface area contributed by atoms with Crippen LogP contribution < -0.4 is 5.69 Å². The summed E-state index contributed by atoms with van der Waals surface area (Å²) in [4.78, 5) is 18.0. The van der Waals surface area contributed by atoms with Gasteiger partial charge in [0.25, 0.3) is 0 Å². The third-order valence-corrected chi connectivity index (χ3v) is 2.38. The van der Waals surface area contributed by atoms with Crippen LogP contribution in [0.1, 0.15) is 0 Å². The first-order chi connectivity index (χ1) is 7.84. The maximum Gasteiger partial charge on any atom is 0.346 e. The van der Waals surface area contributed by atoms with E-state index in [1.165, 1.54) is 0 Å². The zero-order valence-corrected chi connectivity index (χ0v) is 8.27. The molecule has 0 unspecified atom stereocenters. The standard InChI is InChI=1S/C11H8N4O/c16-11-13-8-4-2-1-3-7(8)10(14-11)9-5-6-12-15-9/h1-6H,(H,12,15)(H,13,14,16). The summed E-state index contributed by atoms with van der Waals surface area (Å²) in [7, 11) is 0. The fourth-order valence-corrected chi connectivity index (χ4v) is 1.69. The molecular formula is C11H8N4O. The molecule has 2 heterocycles. The van der Waals surface area contributed by atoms with Crippen molar-refractivity contribution in [1.29, 1.82) is 0 Å². The highest BCUT2D eigenvalue weighted by molar-refractivity contribution is 5.90. The molecule has 0 amide bonds. The Hall–Kier alpha value is -2.43. The fraction of sp³-hybridized carbons (Fsp3) is 0. The highest BCUT2D eigenvalue weighted by Gasteiger charge is 2.08.